The molecule has 1 amide bonds. The fourth-order valence-electron chi connectivity index (χ4n) is 2.68. The van der Waals surface area contributed by atoms with Crippen LogP contribution >= 0.6 is 11.6 Å². The van der Waals surface area contributed by atoms with E-state index >= 15 is 0 Å². The smallest absolute Gasteiger partial charge is 0.331 e. The number of hydrogen-bond acceptors (Lipinski definition) is 5. The standard InChI is InChI=1S/C22H22ClNO5/c1-14-4-7-17(23)13-18(14)24-22(26)15(2)29-21(25)9-6-16-5-8-19-20(12-16)28-11-3-10-27-19/h4-9,12-13,15H,3,10-11H2,1-2H3,(H,24,26)/b9-6+/t15-/m0/s1. The summed E-state index contributed by atoms with van der Waals surface area (Å²) >= 11 is 5.95. The molecule has 1 atom stereocenters. The zero-order chi connectivity index (χ0) is 20.8. The lowest BCUT2D eigenvalue weighted by Crippen LogP contribution is -2.29. The molecule has 1 aliphatic heterocycles. The van der Waals surface area contributed by atoms with Gasteiger partial charge in [0.25, 0.3) is 5.91 Å². The number of carbonyl (C=O) groups is 2. The second kappa shape index (κ2) is 9.47. The number of anilines is 1. The Bertz CT molecular complexity index is 941. The minimum Gasteiger partial charge on any atom is -0.490 e. The molecular weight excluding hydrogens is 394 g/mol. The number of rotatable bonds is 5. The van der Waals surface area contributed by atoms with Crippen LogP contribution in [0, 0.1) is 6.92 Å². The molecule has 152 valence electrons. The van der Waals surface area contributed by atoms with Gasteiger partial charge in [-0.1, -0.05) is 23.7 Å². The number of aryl methyl sites for hydroxylation is 1. The second-order valence-electron chi connectivity index (χ2n) is 6.62. The van der Waals surface area contributed by atoms with Crippen molar-refractivity contribution in [1.29, 1.82) is 0 Å². The van der Waals surface area contributed by atoms with Gasteiger partial charge in [-0.3, -0.25) is 4.79 Å². The number of fused-ring (bicyclic) bond motifs is 1. The van der Waals surface area contributed by atoms with Gasteiger partial charge in [-0.15, -0.1) is 0 Å². The maximum Gasteiger partial charge on any atom is 0.331 e. The van der Waals surface area contributed by atoms with E-state index < -0.39 is 18.0 Å². The first-order valence-electron chi connectivity index (χ1n) is 9.28. The third-order valence-electron chi connectivity index (χ3n) is 4.30. The molecule has 0 radical (unpaired) electrons. The Morgan fingerprint density at radius 3 is 2.69 bits per heavy atom. The van der Waals surface area contributed by atoms with E-state index in [9.17, 15) is 9.59 Å². The third-order valence-corrected chi connectivity index (χ3v) is 4.54. The highest BCUT2D eigenvalue weighted by Gasteiger charge is 2.17. The van der Waals surface area contributed by atoms with Crippen LogP contribution in [-0.4, -0.2) is 31.2 Å². The summed E-state index contributed by atoms with van der Waals surface area (Å²) in [6.45, 7) is 4.55. The molecule has 1 heterocycles. The molecule has 0 saturated carbocycles. The fraction of sp³-hybridized carbons (Fsp3) is 0.273. The Morgan fingerprint density at radius 1 is 1.14 bits per heavy atom. The monoisotopic (exact) mass is 415 g/mol. The molecule has 29 heavy (non-hydrogen) atoms. The lowest BCUT2D eigenvalue weighted by Gasteiger charge is -2.14. The summed E-state index contributed by atoms with van der Waals surface area (Å²) in [7, 11) is 0. The molecule has 6 nitrogen and oxygen atoms in total. The summed E-state index contributed by atoms with van der Waals surface area (Å²) < 4.78 is 16.4. The zero-order valence-electron chi connectivity index (χ0n) is 16.2. The molecule has 0 bridgehead atoms. The lowest BCUT2D eigenvalue weighted by molar-refractivity contribution is -0.148. The SMILES string of the molecule is Cc1ccc(Cl)cc1NC(=O)[C@H](C)OC(=O)/C=C/c1ccc2c(c1)OCCCO2. The van der Waals surface area contributed by atoms with Gasteiger partial charge in [0.05, 0.1) is 13.2 Å². The van der Waals surface area contributed by atoms with Gasteiger partial charge >= 0.3 is 5.97 Å². The Kier molecular flexibility index (Phi) is 6.77. The summed E-state index contributed by atoms with van der Waals surface area (Å²) in [5.74, 6) is 0.266. The van der Waals surface area contributed by atoms with Crippen molar-refractivity contribution in [3.05, 3.63) is 58.6 Å². The molecule has 1 aliphatic rings. The highest BCUT2D eigenvalue weighted by atomic mass is 35.5. The van der Waals surface area contributed by atoms with E-state index in [2.05, 4.69) is 5.32 Å². The maximum absolute atomic E-state index is 12.3. The van der Waals surface area contributed by atoms with E-state index in [0.717, 1.165) is 17.5 Å². The van der Waals surface area contributed by atoms with Crippen molar-refractivity contribution in [2.24, 2.45) is 0 Å². The van der Waals surface area contributed by atoms with Gasteiger partial charge in [0, 0.05) is 23.2 Å². The zero-order valence-corrected chi connectivity index (χ0v) is 17.0. The summed E-state index contributed by atoms with van der Waals surface area (Å²) in [6, 6.07) is 10.6. The molecule has 2 aromatic rings. The van der Waals surface area contributed by atoms with Crippen molar-refractivity contribution in [1.82, 2.24) is 0 Å². The van der Waals surface area contributed by atoms with Crippen molar-refractivity contribution < 1.29 is 23.8 Å². The van der Waals surface area contributed by atoms with Crippen molar-refractivity contribution in [3.63, 3.8) is 0 Å². The molecule has 0 aliphatic carbocycles. The first-order chi connectivity index (χ1) is 13.9. The van der Waals surface area contributed by atoms with Crippen LogP contribution in [0.25, 0.3) is 6.08 Å². The van der Waals surface area contributed by atoms with Gasteiger partial charge in [0.15, 0.2) is 17.6 Å². The predicted octanol–water partition coefficient (Wildman–Crippen LogP) is 4.39. The molecule has 1 N–H and O–H groups in total. The Morgan fingerprint density at radius 2 is 1.90 bits per heavy atom. The van der Waals surface area contributed by atoms with Crippen LogP contribution in [0.3, 0.4) is 0 Å². The number of carbonyl (C=O) groups excluding carboxylic acids is 2. The van der Waals surface area contributed by atoms with Crippen LogP contribution in [-0.2, 0) is 14.3 Å². The van der Waals surface area contributed by atoms with E-state index in [1.54, 1.807) is 36.4 Å². The summed E-state index contributed by atoms with van der Waals surface area (Å²) in [5.41, 5.74) is 2.20. The molecule has 3 rings (SSSR count). The van der Waals surface area contributed by atoms with E-state index in [1.165, 1.54) is 13.0 Å². The summed E-state index contributed by atoms with van der Waals surface area (Å²) in [4.78, 5) is 24.4. The van der Waals surface area contributed by atoms with Crippen LogP contribution in [0.5, 0.6) is 11.5 Å². The van der Waals surface area contributed by atoms with E-state index in [4.69, 9.17) is 25.8 Å². The van der Waals surface area contributed by atoms with Gasteiger partial charge in [-0.2, -0.15) is 0 Å². The predicted molar refractivity (Wildman–Crippen MR) is 111 cm³/mol. The number of halogens is 1. The Balaban J connectivity index is 1.57. The van der Waals surface area contributed by atoms with E-state index in [0.29, 0.717) is 35.4 Å². The van der Waals surface area contributed by atoms with Crippen LogP contribution in [0.15, 0.2) is 42.5 Å². The van der Waals surface area contributed by atoms with Crippen LogP contribution in [0.1, 0.15) is 24.5 Å². The van der Waals surface area contributed by atoms with Gasteiger partial charge < -0.3 is 19.5 Å². The number of ether oxygens (including phenoxy) is 3. The minimum atomic E-state index is -0.964. The van der Waals surface area contributed by atoms with E-state index in [-0.39, 0.29) is 0 Å². The molecule has 0 aromatic heterocycles. The van der Waals surface area contributed by atoms with Crippen LogP contribution < -0.4 is 14.8 Å². The molecule has 0 spiro atoms. The van der Waals surface area contributed by atoms with Crippen LogP contribution in [0.2, 0.25) is 5.02 Å². The van der Waals surface area contributed by atoms with Gasteiger partial charge in [-0.25, -0.2) is 4.79 Å². The molecule has 2 aromatic carbocycles. The number of hydrogen-bond donors (Lipinski definition) is 1. The summed E-state index contributed by atoms with van der Waals surface area (Å²) in [5, 5.41) is 3.22. The molecule has 0 saturated heterocycles. The highest BCUT2D eigenvalue weighted by Crippen LogP contribution is 2.30. The second-order valence-corrected chi connectivity index (χ2v) is 7.05. The third kappa shape index (κ3) is 5.74. The number of benzene rings is 2. The number of esters is 1. The molecule has 0 fully saturated rings. The summed E-state index contributed by atoms with van der Waals surface area (Å²) in [6.07, 6.45) is 2.73. The molecule has 7 heteroatoms. The number of amides is 1. The highest BCUT2D eigenvalue weighted by molar-refractivity contribution is 6.31. The van der Waals surface area contributed by atoms with Gasteiger partial charge in [-0.05, 0) is 55.3 Å². The van der Waals surface area contributed by atoms with Crippen molar-refractivity contribution >= 4 is 35.2 Å². The normalized spacial score (nSPS) is 14.2. The van der Waals surface area contributed by atoms with Gasteiger partial charge in [0.2, 0.25) is 0 Å². The quantitative estimate of drug-likeness (QED) is 0.579. The van der Waals surface area contributed by atoms with Crippen molar-refractivity contribution in [2.75, 3.05) is 18.5 Å². The largest absolute Gasteiger partial charge is 0.490 e. The topological polar surface area (TPSA) is 73.9 Å². The molecular formula is C22H22ClNO5. The van der Waals surface area contributed by atoms with Gasteiger partial charge in [0.1, 0.15) is 0 Å². The maximum atomic E-state index is 12.3. The Hall–Kier alpha value is -2.99. The first-order valence-corrected chi connectivity index (χ1v) is 9.65. The fourth-order valence-corrected chi connectivity index (χ4v) is 2.85. The van der Waals surface area contributed by atoms with Crippen molar-refractivity contribution in [3.8, 4) is 11.5 Å². The minimum absolute atomic E-state index is 0.437. The Labute approximate surface area is 174 Å². The van der Waals surface area contributed by atoms with Crippen molar-refractivity contribution in [2.45, 2.75) is 26.4 Å². The average molecular weight is 416 g/mol. The lowest BCUT2D eigenvalue weighted by atomic mass is 10.2. The van der Waals surface area contributed by atoms with E-state index in [1.807, 2.05) is 13.0 Å². The van der Waals surface area contributed by atoms with Crippen LogP contribution in [0.4, 0.5) is 5.69 Å². The molecule has 0 unspecified atom stereocenters. The average Bonchev–Trinajstić information content (AvgIpc) is 2.94. The number of nitrogens with one attached hydrogen (secondary N) is 1. The first kappa shape index (κ1) is 20.7.